The van der Waals surface area contributed by atoms with E-state index in [0.717, 1.165) is 11.3 Å². The third kappa shape index (κ3) is 5.80. The lowest BCUT2D eigenvalue weighted by Crippen LogP contribution is -2.31. The molecule has 6 heteroatoms. The van der Waals surface area contributed by atoms with Crippen LogP contribution in [0.1, 0.15) is 68.6 Å². The fourth-order valence-corrected chi connectivity index (χ4v) is 4.49. The first-order valence-electron chi connectivity index (χ1n) is 10.8. The van der Waals surface area contributed by atoms with Crippen LogP contribution in [0.25, 0.3) is 0 Å². The van der Waals surface area contributed by atoms with Crippen molar-refractivity contribution in [3.8, 4) is 6.07 Å². The zero-order valence-electron chi connectivity index (χ0n) is 18.9. The molecule has 1 aliphatic rings. The lowest BCUT2D eigenvalue weighted by atomic mass is 9.86. The van der Waals surface area contributed by atoms with E-state index in [-0.39, 0.29) is 29.9 Å². The van der Waals surface area contributed by atoms with Crippen molar-refractivity contribution in [3.05, 3.63) is 75.8 Å². The molecule has 0 aromatic heterocycles. The monoisotopic (exact) mass is 447 g/mol. The zero-order chi connectivity index (χ0) is 23.3. The van der Waals surface area contributed by atoms with Crippen molar-refractivity contribution in [1.29, 1.82) is 5.26 Å². The molecule has 0 spiro atoms. The van der Waals surface area contributed by atoms with E-state index in [1.54, 1.807) is 0 Å². The van der Waals surface area contributed by atoms with Gasteiger partial charge in [-0.2, -0.15) is 5.26 Å². The summed E-state index contributed by atoms with van der Waals surface area (Å²) >= 11 is 1.19. The smallest absolute Gasteiger partial charge is 0.234 e. The standard InChI is InChI=1S/C26H29N3O2S/c1-16(2)18-5-7-20(8-6-18)22-13-24(30)29-26(23(22)14-27)32-15-25(31)28-21-11-9-19(10-12-21)17(3)4/h5-12,16-17,22H,13,15H2,1-4H3,(H,28,31)(H,29,30)/t22-/m1/s1. The maximum Gasteiger partial charge on any atom is 0.234 e. The van der Waals surface area contributed by atoms with E-state index in [1.807, 2.05) is 48.5 Å². The van der Waals surface area contributed by atoms with Crippen LogP contribution in [-0.2, 0) is 9.59 Å². The normalized spacial score (nSPS) is 16.2. The first kappa shape index (κ1) is 23.6. The van der Waals surface area contributed by atoms with Gasteiger partial charge in [0.2, 0.25) is 11.8 Å². The second-order valence-corrected chi connectivity index (χ2v) is 9.58. The Balaban J connectivity index is 1.71. The molecule has 0 unspecified atom stereocenters. The van der Waals surface area contributed by atoms with Crippen LogP contribution in [0.5, 0.6) is 0 Å². The number of carbonyl (C=O) groups is 2. The van der Waals surface area contributed by atoms with E-state index in [1.165, 1.54) is 22.9 Å². The molecule has 1 aliphatic heterocycles. The molecular weight excluding hydrogens is 418 g/mol. The third-order valence-electron chi connectivity index (χ3n) is 5.57. The molecule has 166 valence electrons. The number of anilines is 1. The summed E-state index contributed by atoms with van der Waals surface area (Å²) in [5.41, 5.74) is 4.59. The van der Waals surface area contributed by atoms with E-state index in [2.05, 4.69) is 44.4 Å². The van der Waals surface area contributed by atoms with Gasteiger partial charge in [0.25, 0.3) is 0 Å². The molecule has 0 saturated carbocycles. The van der Waals surface area contributed by atoms with Crippen molar-refractivity contribution in [2.24, 2.45) is 0 Å². The van der Waals surface area contributed by atoms with Gasteiger partial charge in [0, 0.05) is 18.0 Å². The molecule has 0 fully saturated rings. The van der Waals surface area contributed by atoms with E-state index in [4.69, 9.17) is 0 Å². The fraction of sp³-hybridized carbons (Fsp3) is 0.346. The summed E-state index contributed by atoms with van der Waals surface area (Å²) in [4.78, 5) is 24.8. The van der Waals surface area contributed by atoms with Gasteiger partial charge < -0.3 is 10.6 Å². The fourth-order valence-electron chi connectivity index (χ4n) is 3.62. The lowest BCUT2D eigenvalue weighted by Gasteiger charge is -2.25. The highest BCUT2D eigenvalue weighted by atomic mass is 32.2. The summed E-state index contributed by atoms with van der Waals surface area (Å²) < 4.78 is 0. The number of allylic oxidation sites excluding steroid dienone is 1. The van der Waals surface area contributed by atoms with Crippen molar-refractivity contribution in [2.75, 3.05) is 11.1 Å². The lowest BCUT2D eigenvalue weighted by molar-refractivity contribution is -0.121. The molecular formula is C26H29N3O2S. The molecule has 2 aromatic carbocycles. The number of nitriles is 1. The summed E-state index contributed by atoms with van der Waals surface area (Å²) in [5.74, 6) is 0.311. The van der Waals surface area contributed by atoms with E-state index in [0.29, 0.717) is 22.4 Å². The van der Waals surface area contributed by atoms with Gasteiger partial charge >= 0.3 is 0 Å². The highest BCUT2D eigenvalue weighted by Crippen LogP contribution is 2.36. The largest absolute Gasteiger partial charge is 0.325 e. The van der Waals surface area contributed by atoms with Crippen LogP contribution < -0.4 is 10.6 Å². The van der Waals surface area contributed by atoms with Crippen LogP contribution in [0.2, 0.25) is 0 Å². The Hall–Kier alpha value is -3.04. The minimum atomic E-state index is -0.302. The first-order valence-corrected chi connectivity index (χ1v) is 11.8. The van der Waals surface area contributed by atoms with Crippen LogP contribution in [0.3, 0.4) is 0 Å². The number of thioether (sulfide) groups is 1. The number of nitrogens with zero attached hydrogens (tertiary/aromatic N) is 1. The predicted molar refractivity (Wildman–Crippen MR) is 130 cm³/mol. The second-order valence-electron chi connectivity index (χ2n) is 8.59. The molecule has 2 amide bonds. The highest BCUT2D eigenvalue weighted by Gasteiger charge is 2.30. The molecule has 0 bridgehead atoms. The summed E-state index contributed by atoms with van der Waals surface area (Å²) in [6.07, 6.45) is 0.225. The van der Waals surface area contributed by atoms with Crippen molar-refractivity contribution in [3.63, 3.8) is 0 Å². The van der Waals surface area contributed by atoms with E-state index >= 15 is 0 Å². The summed E-state index contributed by atoms with van der Waals surface area (Å²) in [7, 11) is 0. The van der Waals surface area contributed by atoms with Crippen molar-refractivity contribution < 1.29 is 9.59 Å². The summed E-state index contributed by atoms with van der Waals surface area (Å²) in [5, 5.41) is 15.9. The second kappa shape index (κ2) is 10.5. The quantitative estimate of drug-likeness (QED) is 0.575. The van der Waals surface area contributed by atoms with Crippen LogP contribution >= 0.6 is 11.8 Å². The van der Waals surface area contributed by atoms with Crippen molar-refractivity contribution >= 4 is 29.3 Å². The molecule has 0 radical (unpaired) electrons. The number of carbonyl (C=O) groups excluding carboxylic acids is 2. The first-order chi connectivity index (χ1) is 15.3. The van der Waals surface area contributed by atoms with Crippen LogP contribution in [0.4, 0.5) is 5.69 Å². The maximum absolute atomic E-state index is 12.5. The van der Waals surface area contributed by atoms with Crippen LogP contribution in [0.15, 0.2) is 59.1 Å². The van der Waals surface area contributed by atoms with Gasteiger partial charge in [-0.3, -0.25) is 9.59 Å². The van der Waals surface area contributed by atoms with Crippen LogP contribution in [-0.4, -0.2) is 17.6 Å². The number of hydrogen-bond acceptors (Lipinski definition) is 4. The summed E-state index contributed by atoms with van der Waals surface area (Å²) in [6.45, 7) is 8.49. The molecule has 32 heavy (non-hydrogen) atoms. The Morgan fingerprint density at radius 3 is 2.16 bits per heavy atom. The number of nitrogens with one attached hydrogen (secondary N) is 2. The Morgan fingerprint density at radius 1 is 1.06 bits per heavy atom. The van der Waals surface area contributed by atoms with E-state index in [9.17, 15) is 14.9 Å². The maximum atomic E-state index is 12.5. The van der Waals surface area contributed by atoms with Gasteiger partial charge in [-0.25, -0.2) is 0 Å². The topological polar surface area (TPSA) is 82.0 Å². The zero-order valence-corrected chi connectivity index (χ0v) is 19.8. The number of amides is 2. The van der Waals surface area contributed by atoms with Gasteiger partial charge in [-0.05, 0) is 40.7 Å². The highest BCUT2D eigenvalue weighted by molar-refractivity contribution is 8.03. The number of hydrogen-bond donors (Lipinski definition) is 2. The van der Waals surface area contributed by atoms with Crippen LogP contribution in [0, 0.1) is 11.3 Å². The summed E-state index contributed by atoms with van der Waals surface area (Å²) in [6, 6.07) is 18.1. The Kier molecular flexibility index (Phi) is 7.76. The Bertz CT molecular complexity index is 1050. The number of rotatable bonds is 7. The average molecular weight is 448 g/mol. The SMILES string of the molecule is CC(C)c1ccc(NC(=O)CSC2=C(C#N)[C@@H](c3ccc(C(C)C)cc3)CC(=O)N2)cc1. The van der Waals surface area contributed by atoms with Gasteiger partial charge in [-0.15, -0.1) is 0 Å². The van der Waals surface area contributed by atoms with Gasteiger partial charge in [0.05, 0.1) is 22.4 Å². The van der Waals surface area contributed by atoms with Crippen molar-refractivity contribution in [1.82, 2.24) is 5.32 Å². The average Bonchev–Trinajstić information content (AvgIpc) is 2.77. The third-order valence-corrected chi connectivity index (χ3v) is 6.59. The van der Waals surface area contributed by atoms with Gasteiger partial charge in [-0.1, -0.05) is 75.9 Å². The molecule has 0 aliphatic carbocycles. The molecule has 2 N–H and O–H groups in total. The predicted octanol–water partition coefficient (Wildman–Crippen LogP) is 5.64. The van der Waals surface area contributed by atoms with Gasteiger partial charge in [0.1, 0.15) is 0 Å². The minimum absolute atomic E-state index is 0.103. The van der Waals surface area contributed by atoms with Gasteiger partial charge in [0.15, 0.2) is 0 Å². The molecule has 1 heterocycles. The van der Waals surface area contributed by atoms with E-state index < -0.39 is 0 Å². The molecule has 3 rings (SSSR count). The molecule has 1 atom stereocenters. The Labute approximate surface area is 194 Å². The molecule has 0 saturated heterocycles. The Morgan fingerprint density at radius 2 is 1.62 bits per heavy atom. The molecule has 2 aromatic rings. The number of benzene rings is 2. The minimum Gasteiger partial charge on any atom is -0.325 e. The molecule has 5 nitrogen and oxygen atoms in total. The van der Waals surface area contributed by atoms with Crippen molar-refractivity contribution in [2.45, 2.75) is 51.9 Å².